The smallest absolute Gasteiger partial charge is 0.0444 e. The second kappa shape index (κ2) is 3.35. The van der Waals surface area contributed by atoms with Gasteiger partial charge in [0.25, 0.3) is 0 Å². The minimum Gasteiger partial charge on any atom is -0.119 e. The van der Waals surface area contributed by atoms with Crippen LogP contribution in [-0.4, -0.2) is 4.87 Å². The Hall–Kier alpha value is 0.290. The van der Waals surface area contributed by atoms with Crippen LogP contribution in [-0.2, 0) is 0 Å². The average Bonchev–Trinajstić information content (AvgIpc) is 1.83. The molecule has 0 aromatic heterocycles. The summed E-state index contributed by atoms with van der Waals surface area (Å²) in [7, 11) is 0. The van der Waals surface area contributed by atoms with Crippen LogP contribution in [0, 0.1) is 11.3 Å². The molecule has 0 aliphatic heterocycles. The van der Waals surface area contributed by atoms with Crippen LogP contribution in [0.15, 0.2) is 0 Å². The van der Waals surface area contributed by atoms with Gasteiger partial charge in [-0.3, -0.25) is 0 Å². The van der Waals surface area contributed by atoms with Gasteiger partial charge >= 0.3 is 0 Å². The number of hydrogen-bond acceptors (Lipinski definition) is 0. The Balaban J connectivity index is 4.45. The maximum absolute atomic E-state index is 6.30. The van der Waals surface area contributed by atoms with Crippen LogP contribution < -0.4 is 0 Å². The summed E-state index contributed by atoms with van der Waals surface area (Å²) < 4.78 is 0. The van der Waals surface area contributed by atoms with E-state index in [9.17, 15) is 0 Å². The van der Waals surface area contributed by atoms with Crippen molar-refractivity contribution in [3.63, 3.8) is 0 Å². The molecule has 0 spiro atoms. The normalized spacial score (nSPS) is 16.6. The molecule has 0 aromatic rings. The van der Waals surface area contributed by atoms with Gasteiger partial charge in [-0.2, -0.15) is 0 Å². The zero-order valence-electron chi connectivity index (χ0n) is 8.66. The lowest BCUT2D eigenvalue weighted by atomic mass is 9.70. The average molecular weight is 177 g/mol. The Labute approximate surface area is 76.3 Å². The first-order valence-electron chi connectivity index (χ1n) is 4.42. The second-order valence-electron chi connectivity index (χ2n) is 4.50. The summed E-state index contributed by atoms with van der Waals surface area (Å²) in [5.74, 6) is 0.676. The molecule has 0 nitrogen and oxygen atoms in total. The fourth-order valence-electron chi connectivity index (χ4n) is 1.10. The highest BCUT2D eigenvalue weighted by molar-refractivity contribution is 6.23. The molecule has 0 N–H and O–H groups in total. The standard InChI is InChI=1S/C10H21Cl/c1-7-8(2)9(3,4)10(5,6)11/h8H,7H2,1-6H3. The number of alkyl halides is 1. The van der Waals surface area contributed by atoms with Crippen LogP contribution in [0.2, 0.25) is 0 Å². The van der Waals surface area contributed by atoms with Crippen LogP contribution in [0.3, 0.4) is 0 Å². The molecule has 0 aromatic carbocycles. The number of rotatable bonds is 3. The molecule has 0 saturated carbocycles. The van der Waals surface area contributed by atoms with Gasteiger partial charge in [-0.15, -0.1) is 11.6 Å². The lowest BCUT2D eigenvalue weighted by Gasteiger charge is -2.41. The second-order valence-corrected chi connectivity index (χ2v) is 5.45. The molecule has 1 heteroatoms. The van der Waals surface area contributed by atoms with Crippen LogP contribution >= 0.6 is 11.6 Å². The van der Waals surface area contributed by atoms with Crippen molar-refractivity contribution >= 4 is 11.6 Å². The van der Waals surface area contributed by atoms with E-state index < -0.39 is 0 Å². The monoisotopic (exact) mass is 176 g/mol. The molecular weight excluding hydrogens is 156 g/mol. The summed E-state index contributed by atoms with van der Waals surface area (Å²) in [6.07, 6.45) is 1.20. The third-order valence-corrected chi connectivity index (χ3v) is 3.86. The van der Waals surface area contributed by atoms with Gasteiger partial charge in [0.05, 0.1) is 0 Å². The minimum atomic E-state index is -0.109. The van der Waals surface area contributed by atoms with Crippen LogP contribution in [0.5, 0.6) is 0 Å². The summed E-state index contributed by atoms with van der Waals surface area (Å²) in [6, 6.07) is 0. The summed E-state index contributed by atoms with van der Waals surface area (Å²) in [5.41, 5.74) is 0.212. The third kappa shape index (κ3) is 2.37. The van der Waals surface area contributed by atoms with Gasteiger partial charge in [0, 0.05) is 4.87 Å². The highest BCUT2D eigenvalue weighted by Crippen LogP contribution is 2.43. The minimum absolute atomic E-state index is 0.109. The molecule has 0 radical (unpaired) electrons. The van der Waals surface area contributed by atoms with Gasteiger partial charge < -0.3 is 0 Å². The zero-order valence-corrected chi connectivity index (χ0v) is 9.42. The van der Waals surface area contributed by atoms with E-state index in [4.69, 9.17) is 11.6 Å². The molecule has 0 saturated heterocycles. The molecular formula is C10H21Cl. The Bertz CT molecular complexity index is 119. The van der Waals surface area contributed by atoms with Gasteiger partial charge in [-0.25, -0.2) is 0 Å². The molecule has 1 unspecified atom stereocenters. The maximum atomic E-state index is 6.30. The molecule has 0 rings (SSSR count). The molecule has 0 amide bonds. The molecule has 0 aliphatic rings. The fraction of sp³-hybridized carbons (Fsp3) is 1.00. The SMILES string of the molecule is CCC(C)C(C)(C)C(C)(C)Cl. The first kappa shape index (κ1) is 11.3. The first-order valence-corrected chi connectivity index (χ1v) is 4.80. The predicted octanol–water partition coefficient (Wildman–Crippen LogP) is 4.08. The van der Waals surface area contributed by atoms with E-state index in [1.165, 1.54) is 6.42 Å². The van der Waals surface area contributed by atoms with E-state index >= 15 is 0 Å². The van der Waals surface area contributed by atoms with Gasteiger partial charge in [0.15, 0.2) is 0 Å². The Kier molecular flexibility index (Phi) is 3.43. The van der Waals surface area contributed by atoms with E-state index in [0.717, 1.165) is 0 Å². The van der Waals surface area contributed by atoms with E-state index in [2.05, 4.69) is 41.5 Å². The predicted molar refractivity (Wildman–Crippen MR) is 53.2 cm³/mol. The fourth-order valence-corrected chi connectivity index (χ4v) is 1.28. The van der Waals surface area contributed by atoms with Crippen molar-refractivity contribution in [2.45, 2.75) is 52.8 Å². The van der Waals surface area contributed by atoms with Crippen LogP contribution in [0.25, 0.3) is 0 Å². The quantitative estimate of drug-likeness (QED) is 0.569. The zero-order chi connectivity index (χ0) is 9.28. The van der Waals surface area contributed by atoms with Crippen LogP contribution in [0.4, 0.5) is 0 Å². The first-order chi connectivity index (χ1) is 4.73. The van der Waals surface area contributed by atoms with Gasteiger partial charge in [-0.05, 0) is 25.2 Å². The summed E-state index contributed by atoms with van der Waals surface area (Å²) in [5, 5.41) is 0. The van der Waals surface area contributed by atoms with E-state index in [1.807, 2.05) is 0 Å². The summed E-state index contributed by atoms with van der Waals surface area (Å²) >= 11 is 6.30. The van der Waals surface area contributed by atoms with Crippen molar-refractivity contribution in [3.8, 4) is 0 Å². The molecule has 0 bridgehead atoms. The Morgan fingerprint density at radius 2 is 1.55 bits per heavy atom. The molecule has 0 fully saturated rings. The van der Waals surface area contributed by atoms with Crippen LogP contribution in [0.1, 0.15) is 48.0 Å². The highest BCUT2D eigenvalue weighted by atomic mass is 35.5. The van der Waals surface area contributed by atoms with Crippen molar-refractivity contribution in [1.82, 2.24) is 0 Å². The summed E-state index contributed by atoms with van der Waals surface area (Å²) in [6.45, 7) is 13.2. The van der Waals surface area contributed by atoms with Crippen molar-refractivity contribution < 1.29 is 0 Å². The van der Waals surface area contributed by atoms with E-state index in [-0.39, 0.29) is 10.3 Å². The Morgan fingerprint density at radius 1 is 1.18 bits per heavy atom. The van der Waals surface area contributed by atoms with Gasteiger partial charge in [0.1, 0.15) is 0 Å². The largest absolute Gasteiger partial charge is 0.119 e. The lowest BCUT2D eigenvalue weighted by molar-refractivity contribution is 0.167. The lowest BCUT2D eigenvalue weighted by Crippen LogP contribution is -2.38. The topological polar surface area (TPSA) is 0 Å². The molecule has 0 aliphatic carbocycles. The van der Waals surface area contributed by atoms with Gasteiger partial charge in [0.2, 0.25) is 0 Å². The summed E-state index contributed by atoms with van der Waals surface area (Å²) in [4.78, 5) is -0.109. The van der Waals surface area contributed by atoms with Crippen molar-refractivity contribution in [2.24, 2.45) is 11.3 Å². The highest BCUT2D eigenvalue weighted by Gasteiger charge is 2.38. The molecule has 68 valence electrons. The number of hydrogen-bond donors (Lipinski definition) is 0. The maximum Gasteiger partial charge on any atom is 0.0444 e. The number of halogens is 1. The van der Waals surface area contributed by atoms with E-state index in [1.54, 1.807) is 0 Å². The third-order valence-electron chi connectivity index (χ3n) is 3.38. The van der Waals surface area contributed by atoms with Crippen molar-refractivity contribution in [3.05, 3.63) is 0 Å². The van der Waals surface area contributed by atoms with E-state index in [0.29, 0.717) is 5.92 Å². The van der Waals surface area contributed by atoms with Crippen molar-refractivity contribution in [2.75, 3.05) is 0 Å². The molecule has 1 atom stereocenters. The van der Waals surface area contributed by atoms with Crippen molar-refractivity contribution in [1.29, 1.82) is 0 Å². The van der Waals surface area contributed by atoms with Gasteiger partial charge in [-0.1, -0.05) is 34.1 Å². The molecule has 0 heterocycles. The molecule has 11 heavy (non-hydrogen) atoms. The Morgan fingerprint density at radius 3 is 1.64 bits per heavy atom.